The lowest BCUT2D eigenvalue weighted by Gasteiger charge is -1.94. The maximum atomic E-state index is 12.7. The molecule has 0 fully saturated rings. The van der Waals surface area contributed by atoms with Gasteiger partial charge in [-0.3, -0.25) is 4.79 Å². The molecule has 0 atom stereocenters. The number of benzene rings is 1. The third-order valence-corrected chi connectivity index (χ3v) is 1.27. The Morgan fingerprint density at radius 1 is 1.42 bits per heavy atom. The molecule has 0 aromatic heterocycles. The maximum absolute atomic E-state index is 12.7. The summed E-state index contributed by atoms with van der Waals surface area (Å²) in [7, 11) is 0. The van der Waals surface area contributed by atoms with E-state index in [0.29, 0.717) is 6.07 Å². The molecule has 60 valence electrons. The van der Waals surface area contributed by atoms with E-state index in [1.54, 1.807) is 0 Å². The highest BCUT2D eigenvalue weighted by Gasteiger charge is 2.11. The SMILES string of the molecule is N#CC(=O)c1cc(F)ccc1F. The molecule has 12 heavy (non-hydrogen) atoms. The van der Waals surface area contributed by atoms with Crippen molar-refractivity contribution >= 4 is 5.78 Å². The Kier molecular flexibility index (Phi) is 2.15. The third kappa shape index (κ3) is 1.45. The molecule has 0 aliphatic heterocycles. The number of Topliss-reactive ketones (excluding diaryl/α,β-unsaturated/α-hetero) is 1. The Labute approximate surface area is 67.0 Å². The second-order valence-corrected chi connectivity index (χ2v) is 2.07. The van der Waals surface area contributed by atoms with Crippen molar-refractivity contribution in [2.45, 2.75) is 0 Å². The zero-order valence-corrected chi connectivity index (χ0v) is 5.84. The van der Waals surface area contributed by atoms with Gasteiger partial charge in [-0.2, -0.15) is 5.26 Å². The van der Waals surface area contributed by atoms with Crippen molar-refractivity contribution in [3.63, 3.8) is 0 Å². The van der Waals surface area contributed by atoms with E-state index in [4.69, 9.17) is 5.26 Å². The average Bonchev–Trinajstić information content (AvgIpc) is 2.08. The lowest BCUT2D eigenvalue weighted by Crippen LogP contribution is -1.99. The number of rotatable bonds is 1. The van der Waals surface area contributed by atoms with Crippen LogP contribution in [-0.2, 0) is 0 Å². The topological polar surface area (TPSA) is 40.9 Å². The standard InChI is InChI=1S/C8H3F2NO/c9-5-1-2-7(10)6(3-5)8(12)4-11/h1-3H. The van der Waals surface area contributed by atoms with Crippen molar-refractivity contribution in [2.24, 2.45) is 0 Å². The van der Waals surface area contributed by atoms with E-state index in [0.717, 1.165) is 12.1 Å². The number of halogens is 2. The van der Waals surface area contributed by atoms with Gasteiger partial charge in [-0.25, -0.2) is 8.78 Å². The first-order valence-corrected chi connectivity index (χ1v) is 3.04. The summed E-state index contributed by atoms with van der Waals surface area (Å²) in [5.74, 6) is -2.70. The summed E-state index contributed by atoms with van der Waals surface area (Å²) in [6, 6.07) is 3.58. The van der Waals surface area contributed by atoms with Gasteiger partial charge in [0.1, 0.15) is 17.7 Å². The summed E-state index contributed by atoms with van der Waals surface area (Å²) in [5, 5.41) is 8.11. The van der Waals surface area contributed by atoms with Crippen LogP contribution in [0.15, 0.2) is 18.2 Å². The van der Waals surface area contributed by atoms with E-state index in [-0.39, 0.29) is 0 Å². The Morgan fingerprint density at radius 2 is 2.08 bits per heavy atom. The molecule has 0 heterocycles. The molecular weight excluding hydrogens is 164 g/mol. The quantitative estimate of drug-likeness (QED) is 0.471. The molecule has 0 amide bonds. The highest BCUT2D eigenvalue weighted by molar-refractivity contribution is 6.07. The van der Waals surface area contributed by atoms with E-state index in [2.05, 4.69) is 0 Å². The lowest BCUT2D eigenvalue weighted by molar-refractivity contribution is 0.105. The summed E-state index contributed by atoms with van der Waals surface area (Å²) < 4.78 is 25.1. The van der Waals surface area contributed by atoms with Crippen molar-refractivity contribution < 1.29 is 13.6 Å². The van der Waals surface area contributed by atoms with Gasteiger partial charge in [-0.05, 0) is 18.2 Å². The first-order chi connectivity index (χ1) is 5.65. The first-order valence-electron chi connectivity index (χ1n) is 3.04. The van der Waals surface area contributed by atoms with Crippen LogP contribution >= 0.6 is 0 Å². The van der Waals surface area contributed by atoms with E-state index >= 15 is 0 Å². The highest BCUT2D eigenvalue weighted by Crippen LogP contribution is 2.09. The molecule has 0 N–H and O–H groups in total. The van der Waals surface area contributed by atoms with Crippen molar-refractivity contribution in [3.8, 4) is 6.07 Å². The molecule has 0 unspecified atom stereocenters. The van der Waals surface area contributed by atoms with Crippen molar-refractivity contribution in [2.75, 3.05) is 0 Å². The normalized spacial score (nSPS) is 9.08. The number of carbonyl (C=O) groups is 1. The molecule has 1 aromatic carbocycles. The first kappa shape index (κ1) is 8.34. The number of ketones is 1. The molecule has 0 aliphatic carbocycles. The van der Waals surface area contributed by atoms with Gasteiger partial charge in [0, 0.05) is 0 Å². The van der Waals surface area contributed by atoms with E-state index in [1.165, 1.54) is 6.07 Å². The summed E-state index contributed by atoms with van der Waals surface area (Å²) in [6.07, 6.45) is 0. The van der Waals surface area contributed by atoms with Gasteiger partial charge in [-0.15, -0.1) is 0 Å². The molecule has 0 saturated heterocycles. The van der Waals surface area contributed by atoms with Crippen LogP contribution in [0.2, 0.25) is 0 Å². The van der Waals surface area contributed by atoms with Gasteiger partial charge < -0.3 is 0 Å². The van der Waals surface area contributed by atoms with Crippen molar-refractivity contribution in [3.05, 3.63) is 35.4 Å². The number of hydrogen-bond donors (Lipinski definition) is 0. The molecule has 0 radical (unpaired) electrons. The van der Waals surface area contributed by atoms with Gasteiger partial charge in [0.25, 0.3) is 5.78 Å². The smallest absolute Gasteiger partial charge is 0.265 e. The predicted octanol–water partition coefficient (Wildman–Crippen LogP) is 1.67. The Balaban J connectivity index is 3.25. The minimum absolute atomic E-state index is 0.530. The number of hydrogen-bond acceptors (Lipinski definition) is 2. The van der Waals surface area contributed by atoms with Gasteiger partial charge in [-0.1, -0.05) is 0 Å². The molecule has 0 bridgehead atoms. The zero-order valence-electron chi connectivity index (χ0n) is 5.84. The molecule has 1 rings (SSSR count). The number of nitriles is 1. The second kappa shape index (κ2) is 3.09. The summed E-state index contributed by atoms with van der Waals surface area (Å²) in [5.41, 5.74) is -0.530. The lowest BCUT2D eigenvalue weighted by atomic mass is 10.1. The van der Waals surface area contributed by atoms with Gasteiger partial charge in [0.2, 0.25) is 0 Å². The fourth-order valence-corrected chi connectivity index (χ4v) is 0.732. The Bertz CT molecular complexity index is 368. The third-order valence-electron chi connectivity index (χ3n) is 1.27. The van der Waals surface area contributed by atoms with Gasteiger partial charge >= 0.3 is 0 Å². The maximum Gasteiger partial charge on any atom is 0.265 e. The van der Waals surface area contributed by atoms with Crippen molar-refractivity contribution in [1.82, 2.24) is 0 Å². The minimum atomic E-state index is -1.08. The zero-order chi connectivity index (χ0) is 9.14. The average molecular weight is 167 g/mol. The summed E-state index contributed by atoms with van der Waals surface area (Å²) in [6.45, 7) is 0. The molecule has 0 saturated carbocycles. The van der Waals surface area contributed by atoms with E-state index in [1.807, 2.05) is 0 Å². The van der Waals surface area contributed by atoms with Gasteiger partial charge in [0.05, 0.1) is 5.56 Å². The molecule has 4 heteroatoms. The van der Waals surface area contributed by atoms with Crippen LogP contribution in [-0.4, -0.2) is 5.78 Å². The van der Waals surface area contributed by atoms with Crippen LogP contribution < -0.4 is 0 Å². The monoisotopic (exact) mass is 167 g/mol. The van der Waals surface area contributed by atoms with E-state index < -0.39 is 23.0 Å². The van der Waals surface area contributed by atoms with Crippen LogP contribution in [0.1, 0.15) is 10.4 Å². The van der Waals surface area contributed by atoms with Crippen LogP contribution in [0.4, 0.5) is 8.78 Å². The number of carbonyl (C=O) groups excluding carboxylic acids is 1. The van der Waals surface area contributed by atoms with Crippen molar-refractivity contribution in [1.29, 1.82) is 5.26 Å². The van der Waals surface area contributed by atoms with E-state index in [9.17, 15) is 13.6 Å². The fraction of sp³-hybridized carbons (Fsp3) is 0. The summed E-state index contributed by atoms with van der Waals surface area (Å²) >= 11 is 0. The fourth-order valence-electron chi connectivity index (χ4n) is 0.732. The van der Waals surface area contributed by atoms with Gasteiger partial charge in [0.15, 0.2) is 0 Å². The molecule has 1 aromatic rings. The molecular formula is C8H3F2NO. The molecule has 0 spiro atoms. The Morgan fingerprint density at radius 3 is 2.67 bits per heavy atom. The largest absolute Gasteiger partial charge is 0.277 e. The number of nitrogens with zero attached hydrogens (tertiary/aromatic N) is 1. The van der Waals surface area contributed by atoms with Crippen LogP contribution in [0, 0.1) is 23.0 Å². The minimum Gasteiger partial charge on any atom is -0.277 e. The molecule has 0 aliphatic rings. The van der Waals surface area contributed by atoms with Crippen LogP contribution in [0.5, 0.6) is 0 Å². The summed E-state index contributed by atoms with van der Waals surface area (Å²) in [4.78, 5) is 10.6. The Hall–Kier alpha value is -1.76. The van der Waals surface area contributed by atoms with Crippen LogP contribution in [0.25, 0.3) is 0 Å². The highest BCUT2D eigenvalue weighted by atomic mass is 19.1. The second-order valence-electron chi connectivity index (χ2n) is 2.07. The van der Waals surface area contributed by atoms with Crippen LogP contribution in [0.3, 0.4) is 0 Å². The molecule has 2 nitrogen and oxygen atoms in total. The predicted molar refractivity (Wildman–Crippen MR) is 36.3 cm³/mol.